The van der Waals surface area contributed by atoms with Gasteiger partial charge < -0.3 is 9.64 Å². The van der Waals surface area contributed by atoms with Gasteiger partial charge in [-0.15, -0.1) is 5.10 Å². The molecule has 1 unspecified atom stereocenters. The molecule has 12 heteroatoms. The van der Waals surface area contributed by atoms with Gasteiger partial charge >= 0.3 is 12.4 Å². The van der Waals surface area contributed by atoms with Gasteiger partial charge in [0.05, 0.1) is 18.2 Å². The van der Waals surface area contributed by atoms with E-state index in [0.717, 1.165) is 47.2 Å². The predicted molar refractivity (Wildman–Crippen MR) is 139 cm³/mol. The quantitative estimate of drug-likeness (QED) is 0.283. The molecule has 3 aromatic rings. The minimum atomic E-state index is -4.94. The molecule has 1 heterocycles. The molecule has 1 aliphatic rings. The third kappa shape index (κ3) is 6.76. The van der Waals surface area contributed by atoms with Crippen molar-refractivity contribution >= 4 is 11.5 Å². The van der Waals surface area contributed by atoms with Crippen molar-refractivity contribution in [3.63, 3.8) is 0 Å². The Morgan fingerprint density at radius 3 is 2.23 bits per heavy atom. The number of tetrazole rings is 1. The Labute approximate surface area is 228 Å². The number of hydrogen-bond donors (Lipinski definition) is 1. The van der Waals surface area contributed by atoms with Crippen LogP contribution in [0.3, 0.4) is 0 Å². The van der Waals surface area contributed by atoms with Crippen LogP contribution in [0, 0.1) is 5.92 Å². The maximum Gasteiger partial charge on any atom is 0.416 e. The van der Waals surface area contributed by atoms with Gasteiger partial charge in [-0.25, -0.2) is 0 Å². The summed E-state index contributed by atoms with van der Waals surface area (Å²) < 4.78 is 86.8. The summed E-state index contributed by atoms with van der Waals surface area (Å²) in [6.07, 6.45) is -7.52. The van der Waals surface area contributed by atoms with Crippen LogP contribution in [0.15, 0.2) is 42.0 Å². The molecule has 0 fully saturated rings. The number of aromatic nitrogens is 4. The second-order valence-corrected chi connectivity index (χ2v) is 10.5. The first-order valence-electron chi connectivity index (χ1n) is 12.9. The molecule has 0 aliphatic heterocycles. The van der Waals surface area contributed by atoms with Crippen LogP contribution >= 0.6 is 0 Å². The molecule has 1 atom stereocenters. The molecule has 6 nitrogen and oxygen atoms in total. The summed E-state index contributed by atoms with van der Waals surface area (Å²) in [4.78, 5) is 1.55. The van der Waals surface area contributed by atoms with Gasteiger partial charge in [-0.05, 0) is 88.9 Å². The molecule has 4 rings (SSSR count). The number of aromatic amines is 1. The third-order valence-electron chi connectivity index (χ3n) is 7.14. The lowest BCUT2D eigenvalue weighted by Crippen LogP contribution is -2.29. The van der Waals surface area contributed by atoms with Crippen molar-refractivity contribution in [3.05, 3.63) is 69.8 Å². The number of methoxy groups -OCH3 is 1. The molecular formula is C28H31F6N5O. The Balaban J connectivity index is 1.80. The zero-order valence-corrected chi connectivity index (χ0v) is 22.6. The van der Waals surface area contributed by atoms with Gasteiger partial charge in [0.25, 0.3) is 5.95 Å². The van der Waals surface area contributed by atoms with E-state index < -0.39 is 23.5 Å². The smallest absolute Gasteiger partial charge is 0.416 e. The topological polar surface area (TPSA) is 66.9 Å². The van der Waals surface area contributed by atoms with E-state index in [0.29, 0.717) is 18.1 Å². The van der Waals surface area contributed by atoms with Crippen molar-refractivity contribution in [2.24, 2.45) is 5.92 Å². The van der Waals surface area contributed by atoms with Gasteiger partial charge in [0, 0.05) is 18.7 Å². The van der Waals surface area contributed by atoms with Crippen LogP contribution in [0.4, 0.5) is 32.3 Å². The number of halogens is 6. The average molecular weight is 568 g/mol. The molecule has 1 aliphatic carbocycles. The standard InChI is InChI=1S/C28H31F6N5O/c1-16(2)19-6-8-25(40-4)24(12-19)23-7-5-17(3)9-20(23)15-39(26-35-37-38-36-26)14-18-10-21(27(29,30)31)13-22(11-18)28(32,33)34/h6,8,10-13,16-17H,5,7,9,14-15H2,1-4H3,(H,35,36,37,38). The summed E-state index contributed by atoms with van der Waals surface area (Å²) in [6.45, 7) is 6.19. The molecule has 216 valence electrons. The van der Waals surface area contributed by atoms with E-state index in [9.17, 15) is 26.3 Å². The predicted octanol–water partition coefficient (Wildman–Crippen LogP) is 7.65. The molecule has 1 aromatic heterocycles. The molecule has 0 spiro atoms. The third-order valence-corrected chi connectivity index (χ3v) is 7.14. The van der Waals surface area contributed by atoms with Crippen molar-refractivity contribution in [2.75, 3.05) is 18.6 Å². The zero-order chi connectivity index (χ0) is 29.2. The SMILES string of the molecule is COc1ccc(C(C)C)cc1C1=C(CN(Cc2cc(C(F)(F)F)cc(C(F)(F)F)c2)c2nn[nH]n2)CC(C)CC1. The first-order valence-corrected chi connectivity index (χ1v) is 12.9. The first-order chi connectivity index (χ1) is 18.8. The maximum atomic E-state index is 13.5. The number of alkyl halides is 6. The second-order valence-electron chi connectivity index (χ2n) is 10.5. The van der Waals surface area contributed by atoms with Crippen LogP contribution < -0.4 is 9.64 Å². The summed E-state index contributed by atoms with van der Waals surface area (Å²) >= 11 is 0. The Bertz CT molecular complexity index is 1320. The van der Waals surface area contributed by atoms with E-state index in [1.807, 2.05) is 12.1 Å². The van der Waals surface area contributed by atoms with Gasteiger partial charge in [0.15, 0.2) is 0 Å². The molecular weight excluding hydrogens is 536 g/mol. The summed E-state index contributed by atoms with van der Waals surface area (Å²) in [6, 6.07) is 7.61. The lowest BCUT2D eigenvalue weighted by Gasteiger charge is -2.31. The Hall–Kier alpha value is -3.57. The highest BCUT2D eigenvalue weighted by molar-refractivity contribution is 5.75. The minimum absolute atomic E-state index is 0.0685. The fourth-order valence-electron chi connectivity index (χ4n) is 5.07. The van der Waals surface area contributed by atoms with Crippen molar-refractivity contribution in [3.8, 4) is 5.75 Å². The lowest BCUT2D eigenvalue weighted by atomic mass is 9.80. The van der Waals surface area contributed by atoms with E-state index >= 15 is 0 Å². The van der Waals surface area contributed by atoms with Crippen LogP contribution in [-0.2, 0) is 18.9 Å². The molecule has 0 bridgehead atoms. The molecule has 40 heavy (non-hydrogen) atoms. The average Bonchev–Trinajstić information content (AvgIpc) is 3.42. The van der Waals surface area contributed by atoms with Gasteiger partial charge in [-0.2, -0.15) is 31.6 Å². The Kier molecular flexibility index (Phi) is 8.46. The minimum Gasteiger partial charge on any atom is -0.496 e. The summed E-state index contributed by atoms with van der Waals surface area (Å²) in [5.74, 6) is 1.37. The molecule has 0 amide bonds. The fraction of sp³-hybridized carbons (Fsp3) is 0.464. The molecule has 1 N–H and O–H groups in total. The van der Waals surface area contributed by atoms with Gasteiger partial charge in [-0.1, -0.05) is 31.9 Å². The van der Waals surface area contributed by atoms with E-state index in [1.165, 1.54) is 0 Å². The van der Waals surface area contributed by atoms with E-state index in [1.54, 1.807) is 12.0 Å². The van der Waals surface area contributed by atoms with Crippen molar-refractivity contribution in [2.45, 2.75) is 64.8 Å². The fourth-order valence-corrected chi connectivity index (χ4v) is 5.07. The van der Waals surface area contributed by atoms with Crippen LogP contribution in [0.2, 0.25) is 0 Å². The van der Waals surface area contributed by atoms with Crippen LogP contribution in [0.1, 0.15) is 73.8 Å². The van der Waals surface area contributed by atoms with Gasteiger partial charge in [0.1, 0.15) is 5.75 Å². The van der Waals surface area contributed by atoms with E-state index in [4.69, 9.17) is 4.74 Å². The summed E-state index contributed by atoms with van der Waals surface area (Å²) in [7, 11) is 1.59. The highest BCUT2D eigenvalue weighted by Crippen LogP contribution is 2.41. The van der Waals surface area contributed by atoms with Crippen LogP contribution in [-0.4, -0.2) is 34.3 Å². The Morgan fingerprint density at radius 2 is 1.68 bits per heavy atom. The molecule has 2 aromatic carbocycles. The summed E-state index contributed by atoms with van der Waals surface area (Å²) in [5, 5.41) is 13.9. The number of rotatable bonds is 8. The van der Waals surface area contributed by atoms with Crippen molar-refractivity contribution in [1.82, 2.24) is 20.6 Å². The number of allylic oxidation sites excluding steroid dienone is 1. The van der Waals surface area contributed by atoms with Gasteiger partial charge in [0.2, 0.25) is 0 Å². The number of anilines is 1. The number of benzene rings is 2. The largest absolute Gasteiger partial charge is 0.496 e. The highest BCUT2D eigenvalue weighted by Gasteiger charge is 2.37. The molecule has 0 saturated carbocycles. The normalized spacial score (nSPS) is 16.5. The van der Waals surface area contributed by atoms with Crippen molar-refractivity contribution in [1.29, 1.82) is 0 Å². The monoisotopic (exact) mass is 567 g/mol. The first kappa shape index (κ1) is 29.4. The lowest BCUT2D eigenvalue weighted by molar-refractivity contribution is -0.143. The van der Waals surface area contributed by atoms with E-state index in [2.05, 4.69) is 47.5 Å². The molecule has 0 radical (unpaired) electrons. The number of hydrogen-bond acceptors (Lipinski definition) is 5. The maximum absolute atomic E-state index is 13.5. The molecule has 0 saturated heterocycles. The highest BCUT2D eigenvalue weighted by atomic mass is 19.4. The van der Waals surface area contributed by atoms with E-state index in [-0.39, 0.29) is 36.6 Å². The Morgan fingerprint density at radius 1 is 1.00 bits per heavy atom. The number of ether oxygens (including phenoxy) is 1. The number of H-pyrrole nitrogens is 1. The number of nitrogens with one attached hydrogen (secondary N) is 1. The zero-order valence-electron chi connectivity index (χ0n) is 22.6. The van der Waals surface area contributed by atoms with Crippen LogP contribution in [0.25, 0.3) is 5.57 Å². The summed E-state index contributed by atoms with van der Waals surface area (Å²) in [5.41, 5.74) is 1.19. The number of nitrogens with zero attached hydrogens (tertiary/aromatic N) is 4. The second kappa shape index (κ2) is 11.5. The van der Waals surface area contributed by atoms with Crippen LogP contribution in [0.5, 0.6) is 5.75 Å². The van der Waals surface area contributed by atoms with Gasteiger partial charge in [-0.3, -0.25) is 0 Å². The van der Waals surface area contributed by atoms with Crippen molar-refractivity contribution < 1.29 is 31.1 Å².